The lowest BCUT2D eigenvalue weighted by Crippen LogP contribution is -2.23. The summed E-state index contributed by atoms with van der Waals surface area (Å²) in [6.07, 6.45) is 14.0. The number of hydrogen-bond acceptors (Lipinski definition) is 3. The normalized spacial score (nSPS) is 24.1. The molecule has 2 fully saturated rings. The summed E-state index contributed by atoms with van der Waals surface area (Å²) < 4.78 is 2.45. The van der Waals surface area contributed by atoms with Gasteiger partial charge in [-0.3, -0.25) is 10.00 Å². The molecule has 1 N–H and O–H groups in total. The van der Waals surface area contributed by atoms with E-state index in [-0.39, 0.29) is 0 Å². The highest BCUT2D eigenvalue weighted by molar-refractivity contribution is 5.10. The zero-order valence-electron chi connectivity index (χ0n) is 13.1. The van der Waals surface area contributed by atoms with Crippen molar-refractivity contribution < 1.29 is 0 Å². The van der Waals surface area contributed by atoms with E-state index in [2.05, 4.69) is 36.9 Å². The standard InChI is InChI=1S/C17H25N5/c1-2-4-15(5-3-1)22-13-18-10-16(22)12-21-9-7-14(11-21)17-6-8-19-20-17/h6,8,10,13-15H,1-5,7,9,11-12H2,(H,19,20). The van der Waals surface area contributed by atoms with E-state index in [1.54, 1.807) is 0 Å². The maximum atomic E-state index is 4.43. The van der Waals surface area contributed by atoms with Crippen LogP contribution >= 0.6 is 0 Å². The van der Waals surface area contributed by atoms with Crippen LogP contribution in [0.4, 0.5) is 0 Å². The molecule has 118 valence electrons. The van der Waals surface area contributed by atoms with Gasteiger partial charge in [0.2, 0.25) is 0 Å². The maximum absolute atomic E-state index is 4.43. The van der Waals surface area contributed by atoms with Crippen LogP contribution in [0.15, 0.2) is 24.8 Å². The molecular formula is C17H25N5. The molecule has 0 radical (unpaired) electrons. The lowest BCUT2D eigenvalue weighted by atomic mass is 9.95. The van der Waals surface area contributed by atoms with Crippen LogP contribution in [0.25, 0.3) is 0 Å². The van der Waals surface area contributed by atoms with Crippen molar-refractivity contribution in [1.82, 2.24) is 24.6 Å². The van der Waals surface area contributed by atoms with Crippen molar-refractivity contribution in [2.24, 2.45) is 0 Å². The number of rotatable bonds is 4. The van der Waals surface area contributed by atoms with Crippen molar-refractivity contribution in [1.29, 1.82) is 0 Å². The average Bonchev–Trinajstić information content (AvgIpc) is 3.30. The molecule has 2 aromatic rings. The van der Waals surface area contributed by atoms with Gasteiger partial charge in [0.15, 0.2) is 0 Å². The van der Waals surface area contributed by atoms with Gasteiger partial charge in [0.25, 0.3) is 0 Å². The minimum Gasteiger partial charge on any atom is -0.330 e. The monoisotopic (exact) mass is 299 g/mol. The predicted molar refractivity (Wildman–Crippen MR) is 85.6 cm³/mol. The third-order valence-electron chi connectivity index (χ3n) is 5.33. The van der Waals surface area contributed by atoms with Crippen molar-refractivity contribution >= 4 is 0 Å². The highest BCUT2D eigenvalue weighted by Crippen LogP contribution is 2.31. The van der Waals surface area contributed by atoms with Crippen LogP contribution in [-0.2, 0) is 6.54 Å². The number of nitrogens with one attached hydrogen (secondary N) is 1. The first-order valence-corrected chi connectivity index (χ1v) is 8.62. The van der Waals surface area contributed by atoms with E-state index in [1.165, 1.54) is 56.5 Å². The third-order valence-corrected chi connectivity index (χ3v) is 5.33. The first-order chi connectivity index (χ1) is 10.9. The number of aromatic amines is 1. The number of H-pyrrole nitrogens is 1. The summed E-state index contributed by atoms with van der Waals surface area (Å²) in [6, 6.07) is 2.79. The highest BCUT2D eigenvalue weighted by atomic mass is 15.2. The second kappa shape index (κ2) is 6.24. The topological polar surface area (TPSA) is 49.7 Å². The zero-order chi connectivity index (χ0) is 14.8. The highest BCUT2D eigenvalue weighted by Gasteiger charge is 2.26. The Balaban J connectivity index is 1.41. The van der Waals surface area contributed by atoms with Gasteiger partial charge >= 0.3 is 0 Å². The molecule has 1 aliphatic heterocycles. The molecule has 0 amide bonds. The van der Waals surface area contributed by atoms with Gasteiger partial charge in [-0.25, -0.2) is 4.98 Å². The molecule has 2 aliphatic rings. The van der Waals surface area contributed by atoms with E-state index >= 15 is 0 Å². The number of imidazole rings is 1. The van der Waals surface area contributed by atoms with Crippen LogP contribution in [0, 0.1) is 0 Å². The minimum absolute atomic E-state index is 0.605. The molecule has 5 nitrogen and oxygen atoms in total. The number of hydrogen-bond donors (Lipinski definition) is 1. The Morgan fingerprint density at radius 2 is 2.09 bits per heavy atom. The molecule has 5 heteroatoms. The van der Waals surface area contributed by atoms with E-state index < -0.39 is 0 Å². The Morgan fingerprint density at radius 1 is 1.18 bits per heavy atom. The van der Waals surface area contributed by atoms with Crippen molar-refractivity contribution in [2.45, 2.75) is 57.0 Å². The molecule has 22 heavy (non-hydrogen) atoms. The van der Waals surface area contributed by atoms with Crippen molar-refractivity contribution in [2.75, 3.05) is 13.1 Å². The van der Waals surface area contributed by atoms with Crippen LogP contribution in [0.5, 0.6) is 0 Å². The first kappa shape index (κ1) is 14.0. The SMILES string of the molecule is c1cc(C2CCN(Cc3cncn3C3CCCCC3)C2)[nH]n1. The number of aromatic nitrogens is 4. The summed E-state index contributed by atoms with van der Waals surface area (Å²) in [6.45, 7) is 3.32. The van der Waals surface area contributed by atoms with Crippen LogP contribution in [-0.4, -0.2) is 37.7 Å². The second-order valence-corrected chi connectivity index (χ2v) is 6.82. The zero-order valence-corrected chi connectivity index (χ0v) is 13.1. The fourth-order valence-corrected chi connectivity index (χ4v) is 4.10. The van der Waals surface area contributed by atoms with Crippen molar-refractivity contribution in [3.8, 4) is 0 Å². The third kappa shape index (κ3) is 2.82. The second-order valence-electron chi connectivity index (χ2n) is 6.82. The van der Waals surface area contributed by atoms with E-state index in [0.717, 1.165) is 13.1 Å². The molecule has 0 aromatic carbocycles. The molecular weight excluding hydrogens is 274 g/mol. The molecule has 0 bridgehead atoms. The Bertz CT molecular complexity index is 582. The lowest BCUT2D eigenvalue weighted by molar-refractivity contribution is 0.295. The average molecular weight is 299 g/mol. The van der Waals surface area contributed by atoms with Gasteiger partial charge in [-0.05, 0) is 31.9 Å². The Kier molecular flexibility index (Phi) is 3.97. The quantitative estimate of drug-likeness (QED) is 0.943. The summed E-state index contributed by atoms with van der Waals surface area (Å²) >= 11 is 0. The summed E-state index contributed by atoms with van der Waals surface area (Å²) in [5, 5.41) is 7.21. The fraction of sp³-hybridized carbons (Fsp3) is 0.647. The first-order valence-electron chi connectivity index (χ1n) is 8.62. The molecule has 4 rings (SSSR count). The smallest absolute Gasteiger partial charge is 0.0951 e. The van der Waals surface area contributed by atoms with Gasteiger partial charge in [-0.1, -0.05) is 19.3 Å². The van der Waals surface area contributed by atoms with Crippen molar-refractivity contribution in [3.63, 3.8) is 0 Å². The lowest BCUT2D eigenvalue weighted by Gasteiger charge is -2.26. The van der Waals surface area contributed by atoms with Crippen molar-refractivity contribution in [3.05, 3.63) is 36.2 Å². The molecule has 2 aromatic heterocycles. The summed E-state index contributed by atoms with van der Waals surface area (Å²) in [5.74, 6) is 0.605. The molecule has 1 saturated heterocycles. The fourth-order valence-electron chi connectivity index (χ4n) is 4.10. The molecule has 1 unspecified atom stereocenters. The van der Waals surface area contributed by atoms with Gasteiger partial charge in [-0.15, -0.1) is 0 Å². The van der Waals surface area contributed by atoms with Gasteiger partial charge in [0, 0.05) is 43.1 Å². The van der Waals surface area contributed by atoms with E-state index in [4.69, 9.17) is 0 Å². The maximum Gasteiger partial charge on any atom is 0.0951 e. The van der Waals surface area contributed by atoms with Crippen LogP contribution in [0.2, 0.25) is 0 Å². The summed E-state index contributed by atoms with van der Waals surface area (Å²) in [4.78, 5) is 6.99. The number of likely N-dealkylation sites (tertiary alicyclic amines) is 1. The van der Waals surface area contributed by atoms with Gasteiger partial charge in [0.05, 0.1) is 12.0 Å². The molecule has 1 saturated carbocycles. The van der Waals surface area contributed by atoms with Gasteiger partial charge in [0.1, 0.15) is 0 Å². The van der Waals surface area contributed by atoms with Gasteiger partial charge < -0.3 is 4.57 Å². The van der Waals surface area contributed by atoms with E-state index in [0.29, 0.717) is 12.0 Å². The molecule has 3 heterocycles. The summed E-state index contributed by atoms with van der Waals surface area (Å²) in [7, 11) is 0. The van der Waals surface area contributed by atoms with E-state index in [1.807, 2.05) is 12.5 Å². The molecule has 1 aliphatic carbocycles. The van der Waals surface area contributed by atoms with Crippen LogP contribution in [0.1, 0.15) is 61.9 Å². The Hall–Kier alpha value is -1.62. The van der Waals surface area contributed by atoms with Crippen LogP contribution in [0.3, 0.4) is 0 Å². The minimum atomic E-state index is 0.605. The van der Waals surface area contributed by atoms with Crippen LogP contribution < -0.4 is 0 Å². The largest absolute Gasteiger partial charge is 0.330 e. The molecule has 1 atom stereocenters. The van der Waals surface area contributed by atoms with E-state index in [9.17, 15) is 0 Å². The van der Waals surface area contributed by atoms with Gasteiger partial charge in [-0.2, -0.15) is 5.10 Å². The Morgan fingerprint density at radius 3 is 2.91 bits per heavy atom. The number of nitrogens with zero attached hydrogens (tertiary/aromatic N) is 4. The predicted octanol–water partition coefficient (Wildman–Crippen LogP) is 3.10. The summed E-state index contributed by atoms with van der Waals surface area (Å²) in [5.41, 5.74) is 2.67. The Labute approximate surface area is 131 Å². The molecule has 0 spiro atoms.